The van der Waals surface area contributed by atoms with E-state index in [4.69, 9.17) is 4.74 Å². The Labute approximate surface area is 118 Å². The van der Waals surface area contributed by atoms with E-state index in [9.17, 15) is 4.79 Å². The number of ether oxygens (including phenoxy) is 1. The summed E-state index contributed by atoms with van der Waals surface area (Å²) in [5, 5.41) is 0. The minimum absolute atomic E-state index is 0.0808. The first-order chi connectivity index (χ1) is 8.09. The Hall–Kier alpha value is -0.190. The summed E-state index contributed by atoms with van der Waals surface area (Å²) in [6.07, 6.45) is 2.69. The molecule has 0 N–H and O–H groups in total. The fourth-order valence-electron chi connectivity index (χ4n) is 1.96. The highest BCUT2D eigenvalue weighted by Crippen LogP contribution is 2.28. The number of carbonyl (C=O) groups excluding carboxylic acids is 1. The zero-order valence-electron chi connectivity index (χ0n) is 9.63. The first-order valence-electron chi connectivity index (χ1n) is 5.71. The van der Waals surface area contributed by atoms with Crippen LogP contribution in [0.3, 0.4) is 0 Å². The molecule has 1 fully saturated rings. The van der Waals surface area contributed by atoms with Crippen molar-refractivity contribution >= 4 is 37.6 Å². The third-order valence-electron chi connectivity index (χ3n) is 2.99. The monoisotopic (exact) mass is 360 g/mol. The van der Waals surface area contributed by atoms with Crippen molar-refractivity contribution in [1.29, 1.82) is 0 Å². The highest BCUT2D eigenvalue weighted by atomic mass is 79.9. The Morgan fingerprint density at radius 1 is 1.29 bits per heavy atom. The lowest BCUT2D eigenvalue weighted by molar-refractivity contribution is 0.0186. The molecule has 1 atom stereocenters. The van der Waals surface area contributed by atoms with Crippen molar-refractivity contribution < 1.29 is 9.53 Å². The summed E-state index contributed by atoms with van der Waals surface area (Å²) in [5.74, 6) is 0.0808. The van der Waals surface area contributed by atoms with Crippen LogP contribution < -0.4 is 0 Å². The van der Waals surface area contributed by atoms with Gasteiger partial charge in [-0.3, -0.25) is 4.79 Å². The molecule has 1 aromatic carbocycles. The molecule has 0 aromatic heterocycles. The van der Waals surface area contributed by atoms with E-state index in [1.807, 2.05) is 19.1 Å². The number of Topliss-reactive ketones (excluding diaryl/α,β-unsaturated/α-hetero) is 1. The van der Waals surface area contributed by atoms with Gasteiger partial charge in [0, 0.05) is 21.1 Å². The van der Waals surface area contributed by atoms with Crippen LogP contribution in [0.15, 0.2) is 21.1 Å². The van der Waals surface area contributed by atoms with Gasteiger partial charge in [-0.2, -0.15) is 0 Å². The number of aryl methyl sites for hydroxylation is 1. The molecule has 0 radical (unpaired) electrons. The summed E-state index contributed by atoms with van der Waals surface area (Å²) >= 11 is 6.91. The fraction of sp³-hybridized carbons (Fsp3) is 0.462. The number of halogens is 2. The number of rotatable bonds is 2. The van der Waals surface area contributed by atoms with Gasteiger partial charge in [-0.05, 0) is 43.9 Å². The molecule has 0 amide bonds. The summed E-state index contributed by atoms with van der Waals surface area (Å²) in [6.45, 7) is 2.70. The van der Waals surface area contributed by atoms with Crippen LogP contribution >= 0.6 is 31.9 Å². The van der Waals surface area contributed by atoms with Gasteiger partial charge in [0.1, 0.15) is 6.10 Å². The van der Waals surface area contributed by atoms with Gasteiger partial charge in [-0.25, -0.2) is 0 Å². The molecular weight excluding hydrogens is 348 g/mol. The highest BCUT2D eigenvalue weighted by molar-refractivity contribution is 9.11. The lowest BCUT2D eigenvalue weighted by atomic mass is 9.99. The number of hydrogen-bond donors (Lipinski definition) is 0. The van der Waals surface area contributed by atoms with Crippen LogP contribution in [0.4, 0.5) is 0 Å². The van der Waals surface area contributed by atoms with Crippen LogP contribution in [-0.2, 0) is 4.74 Å². The van der Waals surface area contributed by atoms with E-state index in [2.05, 4.69) is 31.9 Å². The van der Waals surface area contributed by atoms with Gasteiger partial charge in [-0.1, -0.05) is 31.9 Å². The van der Waals surface area contributed by atoms with Crippen molar-refractivity contribution in [3.63, 3.8) is 0 Å². The summed E-state index contributed by atoms with van der Waals surface area (Å²) in [4.78, 5) is 12.3. The molecule has 1 aromatic rings. The number of ketones is 1. The average Bonchev–Trinajstić information content (AvgIpc) is 2.34. The van der Waals surface area contributed by atoms with Crippen molar-refractivity contribution in [3.05, 3.63) is 32.2 Å². The maximum atomic E-state index is 12.3. The van der Waals surface area contributed by atoms with Crippen molar-refractivity contribution in [1.82, 2.24) is 0 Å². The van der Waals surface area contributed by atoms with Crippen molar-refractivity contribution in [3.8, 4) is 0 Å². The molecule has 0 spiro atoms. The maximum Gasteiger partial charge on any atom is 0.192 e. The molecule has 1 unspecified atom stereocenters. The van der Waals surface area contributed by atoms with Gasteiger partial charge in [0.25, 0.3) is 0 Å². The third-order valence-corrected chi connectivity index (χ3v) is 4.50. The molecule has 2 nitrogen and oxygen atoms in total. The predicted molar refractivity (Wildman–Crippen MR) is 74.5 cm³/mol. The molecule has 1 saturated heterocycles. The number of hydrogen-bond acceptors (Lipinski definition) is 2. The first-order valence-corrected chi connectivity index (χ1v) is 7.29. The SMILES string of the molecule is Cc1cc(Br)c(C(=O)C2CCCCO2)cc1Br. The van der Waals surface area contributed by atoms with Gasteiger partial charge in [0.15, 0.2) is 5.78 Å². The zero-order valence-corrected chi connectivity index (χ0v) is 12.8. The Kier molecular flexibility index (Phi) is 4.39. The van der Waals surface area contributed by atoms with Crippen LogP contribution in [-0.4, -0.2) is 18.5 Å². The molecule has 1 aliphatic heterocycles. The van der Waals surface area contributed by atoms with E-state index in [-0.39, 0.29) is 11.9 Å². The Morgan fingerprint density at radius 2 is 2.06 bits per heavy atom. The summed E-state index contributed by atoms with van der Waals surface area (Å²) < 4.78 is 7.34. The minimum Gasteiger partial charge on any atom is -0.370 e. The Balaban J connectivity index is 2.26. The van der Waals surface area contributed by atoms with E-state index in [1.54, 1.807) is 0 Å². The van der Waals surface area contributed by atoms with E-state index in [1.165, 1.54) is 0 Å². The zero-order chi connectivity index (χ0) is 12.4. The predicted octanol–water partition coefficient (Wildman–Crippen LogP) is 4.27. The largest absolute Gasteiger partial charge is 0.370 e. The smallest absolute Gasteiger partial charge is 0.192 e. The quantitative estimate of drug-likeness (QED) is 0.735. The standard InChI is InChI=1S/C13H14Br2O2/c1-8-6-11(15)9(7-10(8)14)13(16)12-4-2-3-5-17-12/h6-7,12H,2-5H2,1H3. The van der Waals surface area contributed by atoms with Crippen LogP contribution in [0.2, 0.25) is 0 Å². The maximum absolute atomic E-state index is 12.3. The van der Waals surface area contributed by atoms with Gasteiger partial charge < -0.3 is 4.74 Å². The third kappa shape index (κ3) is 2.98. The average molecular weight is 362 g/mol. The van der Waals surface area contributed by atoms with E-state index in [0.29, 0.717) is 12.2 Å². The van der Waals surface area contributed by atoms with Gasteiger partial charge in [0.2, 0.25) is 0 Å². The molecular formula is C13H14Br2O2. The van der Waals surface area contributed by atoms with Gasteiger partial charge in [-0.15, -0.1) is 0 Å². The molecule has 0 aliphatic carbocycles. The van der Waals surface area contributed by atoms with Crippen LogP contribution in [0.5, 0.6) is 0 Å². The van der Waals surface area contributed by atoms with E-state index in [0.717, 1.165) is 33.8 Å². The van der Waals surface area contributed by atoms with E-state index < -0.39 is 0 Å². The number of benzene rings is 1. The van der Waals surface area contributed by atoms with Crippen molar-refractivity contribution in [2.45, 2.75) is 32.3 Å². The molecule has 0 saturated carbocycles. The molecule has 1 heterocycles. The van der Waals surface area contributed by atoms with Crippen LogP contribution in [0.25, 0.3) is 0 Å². The second kappa shape index (κ2) is 5.63. The van der Waals surface area contributed by atoms with Crippen LogP contribution in [0, 0.1) is 6.92 Å². The second-order valence-corrected chi connectivity index (χ2v) is 6.01. The Bertz CT molecular complexity index is 437. The normalized spacial score (nSPS) is 20.3. The summed E-state index contributed by atoms with van der Waals surface area (Å²) in [7, 11) is 0. The van der Waals surface area contributed by atoms with Crippen molar-refractivity contribution in [2.75, 3.05) is 6.61 Å². The number of carbonyl (C=O) groups is 1. The lowest BCUT2D eigenvalue weighted by Crippen LogP contribution is -2.28. The minimum atomic E-state index is -0.269. The lowest BCUT2D eigenvalue weighted by Gasteiger charge is -2.22. The molecule has 0 bridgehead atoms. The molecule has 17 heavy (non-hydrogen) atoms. The van der Waals surface area contributed by atoms with Gasteiger partial charge in [0.05, 0.1) is 0 Å². The molecule has 2 rings (SSSR count). The van der Waals surface area contributed by atoms with Crippen molar-refractivity contribution in [2.24, 2.45) is 0 Å². The molecule has 4 heteroatoms. The summed E-state index contributed by atoms with van der Waals surface area (Å²) in [6, 6.07) is 3.83. The topological polar surface area (TPSA) is 26.3 Å². The highest BCUT2D eigenvalue weighted by Gasteiger charge is 2.25. The summed E-state index contributed by atoms with van der Waals surface area (Å²) in [5.41, 5.74) is 1.81. The van der Waals surface area contributed by atoms with Crippen LogP contribution in [0.1, 0.15) is 35.2 Å². The molecule has 1 aliphatic rings. The van der Waals surface area contributed by atoms with E-state index >= 15 is 0 Å². The second-order valence-electron chi connectivity index (χ2n) is 4.30. The fourth-order valence-corrected chi connectivity index (χ4v) is 2.95. The van der Waals surface area contributed by atoms with Gasteiger partial charge >= 0.3 is 0 Å². The first kappa shape index (κ1) is 13.2. The molecule has 92 valence electrons. The Morgan fingerprint density at radius 3 is 2.71 bits per heavy atom.